The van der Waals surface area contributed by atoms with Gasteiger partial charge in [0.15, 0.2) is 0 Å². The number of hydrogen-bond acceptors (Lipinski definition) is 4. The topological polar surface area (TPSA) is 59.0 Å². The van der Waals surface area contributed by atoms with Gasteiger partial charge in [-0.3, -0.25) is 4.79 Å². The summed E-state index contributed by atoms with van der Waals surface area (Å²) >= 11 is 5.97. The first-order valence-electron chi connectivity index (χ1n) is 5.85. The Kier molecular flexibility index (Phi) is 4.02. The normalized spacial score (nSPS) is 17.1. The van der Waals surface area contributed by atoms with E-state index in [9.17, 15) is 4.79 Å². The van der Waals surface area contributed by atoms with Gasteiger partial charge in [-0.25, -0.2) is 4.68 Å². The van der Waals surface area contributed by atoms with E-state index in [0.29, 0.717) is 11.6 Å². The standard InChI is InChI=1S/C11H17ClN4O/c1-16-11(17)10(12)9(7-15-16)14-6-8-2-4-13-5-3-8/h7-8,13-14H,2-6H2,1H3. The maximum atomic E-state index is 11.6. The molecule has 94 valence electrons. The van der Waals surface area contributed by atoms with Crippen molar-refractivity contribution in [1.82, 2.24) is 15.1 Å². The van der Waals surface area contributed by atoms with Gasteiger partial charge in [0.05, 0.1) is 11.9 Å². The third-order valence-corrected chi connectivity index (χ3v) is 3.48. The molecule has 0 aromatic carbocycles. The molecule has 2 heterocycles. The number of aryl methyl sites for hydroxylation is 1. The molecule has 0 bridgehead atoms. The molecule has 0 atom stereocenters. The first-order chi connectivity index (χ1) is 8.18. The lowest BCUT2D eigenvalue weighted by Crippen LogP contribution is -2.31. The zero-order chi connectivity index (χ0) is 12.3. The summed E-state index contributed by atoms with van der Waals surface area (Å²) in [4.78, 5) is 11.6. The van der Waals surface area contributed by atoms with Gasteiger partial charge in [-0.15, -0.1) is 0 Å². The minimum absolute atomic E-state index is 0.219. The Morgan fingerprint density at radius 3 is 3.00 bits per heavy atom. The van der Waals surface area contributed by atoms with E-state index in [4.69, 9.17) is 11.6 Å². The maximum Gasteiger partial charge on any atom is 0.287 e. The van der Waals surface area contributed by atoms with Crippen LogP contribution in [0.2, 0.25) is 5.02 Å². The second kappa shape index (κ2) is 5.51. The highest BCUT2D eigenvalue weighted by Crippen LogP contribution is 2.17. The van der Waals surface area contributed by atoms with Crippen molar-refractivity contribution < 1.29 is 0 Å². The van der Waals surface area contributed by atoms with Gasteiger partial charge in [0.1, 0.15) is 5.02 Å². The van der Waals surface area contributed by atoms with Gasteiger partial charge >= 0.3 is 0 Å². The molecular formula is C11H17ClN4O. The third-order valence-electron chi connectivity index (χ3n) is 3.12. The van der Waals surface area contributed by atoms with E-state index in [0.717, 1.165) is 32.5 Å². The summed E-state index contributed by atoms with van der Waals surface area (Å²) in [6.45, 7) is 2.97. The first kappa shape index (κ1) is 12.4. The Hall–Kier alpha value is -1.07. The van der Waals surface area contributed by atoms with Gasteiger partial charge < -0.3 is 10.6 Å². The Labute approximate surface area is 105 Å². The maximum absolute atomic E-state index is 11.6. The zero-order valence-electron chi connectivity index (χ0n) is 9.87. The molecule has 0 amide bonds. The van der Waals surface area contributed by atoms with Crippen LogP contribution < -0.4 is 16.2 Å². The number of nitrogens with one attached hydrogen (secondary N) is 2. The summed E-state index contributed by atoms with van der Waals surface area (Å²) in [6, 6.07) is 0. The van der Waals surface area contributed by atoms with Gasteiger partial charge in [0.2, 0.25) is 0 Å². The zero-order valence-corrected chi connectivity index (χ0v) is 10.6. The van der Waals surface area contributed by atoms with Gasteiger partial charge in [0.25, 0.3) is 5.56 Å². The molecule has 1 aromatic heterocycles. The number of aromatic nitrogens is 2. The van der Waals surface area contributed by atoms with Gasteiger partial charge in [-0.05, 0) is 31.8 Å². The molecule has 1 aliphatic rings. The van der Waals surface area contributed by atoms with Crippen molar-refractivity contribution >= 4 is 17.3 Å². The van der Waals surface area contributed by atoms with Crippen molar-refractivity contribution in [2.75, 3.05) is 25.0 Å². The highest BCUT2D eigenvalue weighted by molar-refractivity contribution is 6.32. The third kappa shape index (κ3) is 2.98. The van der Waals surface area contributed by atoms with E-state index in [1.54, 1.807) is 13.2 Å². The molecule has 0 aliphatic carbocycles. The minimum Gasteiger partial charge on any atom is -0.382 e. The molecule has 0 spiro atoms. The van der Waals surface area contributed by atoms with Crippen molar-refractivity contribution in [2.24, 2.45) is 13.0 Å². The monoisotopic (exact) mass is 256 g/mol. The van der Waals surface area contributed by atoms with Crippen LogP contribution in [0.5, 0.6) is 0 Å². The van der Waals surface area contributed by atoms with Crippen LogP contribution in [0.25, 0.3) is 0 Å². The van der Waals surface area contributed by atoms with Gasteiger partial charge in [-0.2, -0.15) is 5.10 Å². The lowest BCUT2D eigenvalue weighted by molar-refractivity contribution is 0.390. The molecule has 5 nitrogen and oxygen atoms in total. The molecule has 0 saturated carbocycles. The van der Waals surface area contributed by atoms with E-state index in [2.05, 4.69) is 15.7 Å². The van der Waals surface area contributed by atoms with Crippen molar-refractivity contribution in [3.8, 4) is 0 Å². The molecule has 0 radical (unpaired) electrons. The van der Waals surface area contributed by atoms with Crippen LogP contribution in [-0.2, 0) is 7.05 Å². The van der Waals surface area contributed by atoms with Gasteiger partial charge in [-0.1, -0.05) is 11.6 Å². The second-order valence-corrected chi connectivity index (χ2v) is 4.75. The fourth-order valence-corrected chi connectivity index (χ4v) is 2.21. The smallest absolute Gasteiger partial charge is 0.287 e. The Morgan fingerprint density at radius 2 is 2.29 bits per heavy atom. The van der Waals surface area contributed by atoms with E-state index < -0.39 is 0 Å². The van der Waals surface area contributed by atoms with Crippen LogP contribution in [-0.4, -0.2) is 29.4 Å². The van der Waals surface area contributed by atoms with Crippen LogP contribution in [0, 0.1) is 5.92 Å². The number of nitrogens with zero attached hydrogens (tertiary/aromatic N) is 2. The molecule has 1 fully saturated rings. The average molecular weight is 257 g/mol. The SMILES string of the molecule is Cn1ncc(NCC2CCNCC2)c(Cl)c1=O. The average Bonchev–Trinajstić information content (AvgIpc) is 2.36. The van der Waals surface area contributed by atoms with Crippen molar-refractivity contribution in [2.45, 2.75) is 12.8 Å². The molecule has 17 heavy (non-hydrogen) atoms. The molecule has 1 aliphatic heterocycles. The number of anilines is 1. The van der Waals surface area contributed by atoms with Crippen LogP contribution in [0.3, 0.4) is 0 Å². The number of halogens is 1. The van der Waals surface area contributed by atoms with E-state index in [-0.39, 0.29) is 10.6 Å². The molecule has 2 N–H and O–H groups in total. The minimum atomic E-state index is -0.262. The van der Waals surface area contributed by atoms with Crippen LogP contribution >= 0.6 is 11.6 Å². The van der Waals surface area contributed by atoms with E-state index in [1.807, 2.05) is 0 Å². The molecule has 1 aromatic rings. The summed E-state index contributed by atoms with van der Waals surface area (Å²) in [5.41, 5.74) is 0.371. The second-order valence-electron chi connectivity index (χ2n) is 4.38. The fourth-order valence-electron chi connectivity index (χ4n) is 1.97. The van der Waals surface area contributed by atoms with Gasteiger partial charge in [0, 0.05) is 13.6 Å². The predicted octanol–water partition coefficient (Wildman–Crippen LogP) is 0.845. The largest absolute Gasteiger partial charge is 0.382 e. The summed E-state index contributed by atoms with van der Waals surface area (Å²) in [6.07, 6.45) is 3.91. The molecule has 6 heteroatoms. The highest BCUT2D eigenvalue weighted by atomic mass is 35.5. The number of hydrogen-bond donors (Lipinski definition) is 2. The van der Waals surface area contributed by atoms with Crippen molar-refractivity contribution in [3.63, 3.8) is 0 Å². The highest BCUT2D eigenvalue weighted by Gasteiger charge is 2.14. The lowest BCUT2D eigenvalue weighted by Gasteiger charge is -2.23. The molecule has 0 unspecified atom stereocenters. The first-order valence-corrected chi connectivity index (χ1v) is 6.22. The predicted molar refractivity (Wildman–Crippen MR) is 68.6 cm³/mol. The number of rotatable bonds is 3. The number of piperidine rings is 1. The van der Waals surface area contributed by atoms with Crippen LogP contribution in [0.4, 0.5) is 5.69 Å². The molecular weight excluding hydrogens is 240 g/mol. The summed E-state index contributed by atoms with van der Waals surface area (Å²) < 4.78 is 1.23. The summed E-state index contributed by atoms with van der Waals surface area (Å²) in [5.74, 6) is 0.636. The summed E-state index contributed by atoms with van der Waals surface area (Å²) in [7, 11) is 1.59. The Balaban J connectivity index is 1.99. The van der Waals surface area contributed by atoms with E-state index >= 15 is 0 Å². The molecule has 1 saturated heterocycles. The van der Waals surface area contributed by atoms with Crippen LogP contribution in [0.15, 0.2) is 11.0 Å². The van der Waals surface area contributed by atoms with Crippen LogP contribution in [0.1, 0.15) is 12.8 Å². The Morgan fingerprint density at radius 1 is 1.59 bits per heavy atom. The van der Waals surface area contributed by atoms with E-state index in [1.165, 1.54) is 4.68 Å². The lowest BCUT2D eigenvalue weighted by atomic mass is 9.98. The van der Waals surface area contributed by atoms with Crippen molar-refractivity contribution in [3.05, 3.63) is 21.6 Å². The Bertz CT molecular complexity index is 440. The molecule has 2 rings (SSSR count). The van der Waals surface area contributed by atoms with Crippen molar-refractivity contribution in [1.29, 1.82) is 0 Å². The summed E-state index contributed by atoms with van der Waals surface area (Å²) in [5, 5.41) is 10.7. The fraction of sp³-hybridized carbons (Fsp3) is 0.636. The quantitative estimate of drug-likeness (QED) is 0.842.